The number of benzene rings is 2. The van der Waals surface area contributed by atoms with Crippen LogP contribution < -0.4 is 0 Å². The van der Waals surface area contributed by atoms with E-state index in [1.165, 1.54) is 6.07 Å². The van der Waals surface area contributed by atoms with E-state index in [1.807, 2.05) is 35.4 Å². The van der Waals surface area contributed by atoms with E-state index in [4.69, 9.17) is 0 Å². The fourth-order valence-corrected chi connectivity index (χ4v) is 4.44. The number of hydrogen-bond donors (Lipinski definition) is 2. The zero-order valence-corrected chi connectivity index (χ0v) is 17.1. The van der Waals surface area contributed by atoms with Gasteiger partial charge in [-0.1, -0.05) is 18.2 Å². The van der Waals surface area contributed by atoms with Gasteiger partial charge in [0.15, 0.2) is 0 Å². The van der Waals surface area contributed by atoms with Gasteiger partial charge in [0.1, 0.15) is 0 Å². The largest absolute Gasteiger partial charge is 0.416 e. The van der Waals surface area contributed by atoms with E-state index in [2.05, 4.69) is 15.2 Å². The number of carbonyl (C=O) groups excluding carboxylic acids is 1. The Morgan fingerprint density at radius 3 is 2.66 bits per heavy atom. The van der Waals surface area contributed by atoms with Crippen LogP contribution in [-0.4, -0.2) is 39.1 Å². The number of amides is 1. The average molecular weight is 438 g/mol. The molecule has 1 fully saturated rings. The molecule has 5 nitrogen and oxygen atoms in total. The van der Waals surface area contributed by atoms with Crippen LogP contribution in [0.15, 0.2) is 60.9 Å². The molecule has 0 radical (unpaired) electrons. The highest BCUT2D eigenvalue weighted by Gasteiger charge is 2.31. The number of rotatable bonds is 3. The molecule has 2 aromatic carbocycles. The molecule has 1 amide bonds. The number of hydrogen-bond acceptors (Lipinski definition) is 2. The van der Waals surface area contributed by atoms with Crippen LogP contribution >= 0.6 is 0 Å². The molecule has 5 rings (SSSR count). The van der Waals surface area contributed by atoms with Crippen molar-refractivity contribution in [2.45, 2.75) is 24.9 Å². The van der Waals surface area contributed by atoms with Gasteiger partial charge < -0.3 is 9.88 Å². The Bertz CT molecular complexity index is 1270. The second-order valence-corrected chi connectivity index (χ2v) is 8.12. The van der Waals surface area contributed by atoms with Gasteiger partial charge in [0, 0.05) is 47.5 Å². The number of aromatic nitrogens is 3. The molecule has 1 saturated heterocycles. The molecule has 0 bridgehead atoms. The lowest BCUT2D eigenvalue weighted by Gasteiger charge is -2.32. The molecule has 32 heavy (non-hydrogen) atoms. The minimum Gasteiger partial charge on any atom is -0.361 e. The van der Waals surface area contributed by atoms with Crippen molar-refractivity contribution in [3.63, 3.8) is 0 Å². The van der Waals surface area contributed by atoms with Gasteiger partial charge in [0.2, 0.25) is 0 Å². The summed E-state index contributed by atoms with van der Waals surface area (Å²) in [5, 5.41) is 8.14. The second-order valence-electron chi connectivity index (χ2n) is 8.12. The first-order valence-electron chi connectivity index (χ1n) is 10.5. The number of likely N-dealkylation sites (tertiary alicyclic amines) is 1. The molecule has 4 aromatic rings. The highest BCUT2D eigenvalue weighted by Crippen LogP contribution is 2.37. The van der Waals surface area contributed by atoms with Crippen LogP contribution in [-0.2, 0) is 6.18 Å². The van der Waals surface area contributed by atoms with Gasteiger partial charge in [-0.2, -0.15) is 18.3 Å². The molecule has 2 aromatic heterocycles. The predicted molar refractivity (Wildman–Crippen MR) is 115 cm³/mol. The molecular weight excluding hydrogens is 417 g/mol. The third-order valence-corrected chi connectivity index (χ3v) is 6.16. The van der Waals surface area contributed by atoms with Crippen molar-refractivity contribution in [1.29, 1.82) is 0 Å². The van der Waals surface area contributed by atoms with Crippen molar-refractivity contribution in [2.24, 2.45) is 0 Å². The number of fused-ring (bicyclic) bond motifs is 1. The van der Waals surface area contributed by atoms with Crippen LogP contribution in [0, 0.1) is 0 Å². The lowest BCUT2D eigenvalue weighted by molar-refractivity contribution is -0.137. The molecule has 2 N–H and O–H groups in total. The smallest absolute Gasteiger partial charge is 0.361 e. The molecule has 164 valence electrons. The molecule has 0 atom stereocenters. The first kappa shape index (κ1) is 20.4. The van der Waals surface area contributed by atoms with E-state index in [-0.39, 0.29) is 11.8 Å². The molecule has 1 aliphatic rings. The number of carbonyl (C=O) groups is 1. The fourth-order valence-electron chi connectivity index (χ4n) is 4.44. The summed E-state index contributed by atoms with van der Waals surface area (Å²) in [4.78, 5) is 17.9. The van der Waals surface area contributed by atoms with Gasteiger partial charge in [-0.25, -0.2) is 0 Å². The Morgan fingerprint density at radius 1 is 1.06 bits per heavy atom. The number of H-pyrrole nitrogens is 2. The van der Waals surface area contributed by atoms with E-state index in [0.717, 1.165) is 28.7 Å². The minimum absolute atomic E-state index is 0.0114. The Kier molecular flexibility index (Phi) is 5.00. The molecule has 0 aliphatic carbocycles. The maximum absolute atomic E-state index is 13.1. The number of halogens is 3. The highest BCUT2D eigenvalue weighted by atomic mass is 19.4. The molecule has 0 unspecified atom stereocenters. The maximum atomic E-state index is 13.1. The minimum atomic E-state index is -4.39. The maximum Gasteiger partial charge on any atom is 0.416 e. The number of aromatic amines is 2. The number of alkyl halides is 3. The van der Waals surface area contributed by atoms with Gasteiger partial charge >= 0.3 is 6.18 Å². The standard InChI is InChI=1S/C24H21F3N4O/c25-24(26,27)19-3-1-2-17(12-19)20-14-29-30-22(20)16-7-10-31(11-8-16)23(32)18-5-4-15-6-9-28-21(15)13-18/h1-6,9,12-14,16,28H,7-8,10-11H2,(H,29,30). The van der Waals surface area contributed by atoms with Gasteiger partial charge in [-0.3, -0.25) is 9.89 Å². The molecule has 3 heterocycles. The van der Waals surface area contributed by atoms with Crippen LogP contribution in [0.25, 0.3) is 22.0 Å². The van der Waals surface area contributed by atoms with Crippen molar-refractivity contribution in [3.05, 3.63) is 77.7 Å². The van der Waals surface area contributed by atoms with Crippen LogP contribution in [0.1, 0.15) is 40.4 Å². The zero-order chi connectivity index (χ0) is 22.3. The fraction of sp³-hybridized carbons (Fsp3) is 0.250. The van der Waals surface area contributed by atoms with E-state index in [9.17, 15) is 18.0 Å². The van der Waals surface area contributed by atoms with E-state index in [1.54, 1.807) is 12.3 Å². The van der Waals surface area contributed by atoms with Crippen molar-refractivity contribution in [2.75, 3.05) is 13.1 Å². The summed E-state index contributed by atoms with van der Waals surface area (Å²) < 4.78 is 39.4. The quantitative estimate of drug-likeness (QED) is 0.438. The van der Waals surface area contributed by atoms with E-state index in [0.29, 0.717) is 42.6 Å². The summed E-state index contributed by atoms with van der Waals surface area (Å²) >= 11 is 0. The summed E-state index contributed by atoms with van der Waals surface area (Å²) in [6.07, 6.45) is 0.453. The Hall–Kier alpha value is -3.55. The highest BCUT2D eigenvalue weighted by molar-refractivity contribution is 5.98. The predicted octanol–water partition coefficient (Wildman–Crippen LogP) is 5.60. The second kappa shape index (κ2) is 7.85. The summed E-state index contributed by atoms with van der Waals surface area (Å²) in [7, 11) is 0. The van der Waals surface area contributed by atoms with Crippen molar-refractivity contribution in [3.8, 4) is 11.1 Å². The lowest BCUT2D eigenvalue weighted by atomic mass is 9.89. The van der Waals surface area contributed by atoms with E-state index < -0.39 is 11.7 Å². The summed E-state index contributed by atoms with van der Waals surface area (Å²) in [6, 6.07) is 12.9. The van der Waals surface area contributed by atoms with Crippen molar-refractivity contribution in [1.82, 2.24) is 20.1 Å². The van der Waals surface area contributed by atoms with Gasteiger partial charge in [-0.15, -0.1) is 0 Å². The monoisotopic (exact) mass is 438 g/mol. The van der Waals surface area contributed by atoms with Crippen LogP contribution in [0.3, 0.4) is 0 Å². The SMILES string of the molecule is O=C(c1ccc2cc[nH]c2c1)N1CCC(c2[nH]ncc2-c2cccc(C(F)(F)F)c2)CC1. The topological polar surface area (TPSA) is 64.8 Å². The van der Waals surface area contributed by atoms with Crippen LogP contribution in [0.5, 0.6) is 0 Å². The van der Waals surface area contributed by atoms with Gasteiger partial charge in [0.25, 0.3) is 5.91 Å². The van der Waals surface area contributed by atoms with Crippen molar-refractivity contribution < 1.29 is 18.0 Å². The van der Waals surface area contributed by atoms with Gasteiger partial charge in [0.05, 0.1) is 11.8 Å². The molecule has 8 heteroatoms. The lowest BCUT2D eigenvalue weighted by Crippen LogP contribution is -2.38. The normalized spacial score (nSPS) is 15.4. The van der Waals surface area contributed by atoms with Gasteiger partial charge in [-0.05, 0) is 54.1 Å². The number of piperidine rings is 1. The third kappa shape index (κ3) is 3.77. The molecule has 1 aliphatic heterocycles. The Balaban J connectivity index is 1.31. The van der Waals surface area contributed by atoms with Crippen molar-refractivity contribution >= 4 is 16.8 Å². The first-order chi connectivity index (χ1) is 15.4. The number of nitrogens with one attached hydrogen (secondary N) is 2. The van der Waals surface area contributed by atoms with E-state index >= 15 is 0 Å². The molecule has 0 saturated carbocycles. The molecule has 0 spiro atoms. The summed E-state index contributed by atoms with van der Waals surface area (Å²) in [5.41, 5.74) is 2.88. The van der Waals surface area contributed by atoms with Crippen LogP contribution in [0.4, 0.5) is 13.2 Å². The average Bonchev–Trinajstić information content (AvgIpc) is 3.47. The first-order valence-corrected chi connectivity index (χ1v) is 10.5. The molecular formula is C24H21F3N4O. The zero-order valence-electron chi connectivity index (χ0n) is 17.1. The summed E-state index contributed by atoms with van der Waals surface area (Å²) in [5.74, 6) is 0.0830. The third-order valence-electron chi connectivity index (χ3n) is 6.16. The Labute approximate surface area is 182 Å². The number of nitrogens with zero attached hydrogens (tertiary/aromatic N) is 2. The Morgan fingerprint density at radius 2 is 1.88 bits per heavy atom. The summed E-state index contributed by atoms with van der Waals surface area (Å²) in [6.45, 7) is 1.15. The van der Waals surface area contributed by atoms with Crippen LogP contribution in [0.2, 0.25) is 0 Å².